The smallest absolute Gasteiger partial charge is 0.188 e. The average molecular weight is 262 g/mol. The molecule has 106 valence electrons. The van der Waals surface area contributed by atoms with Crippen molar-refractivity contribution in [3.8, 4) is 0 Å². The van der Waals surface area contributed by atoms with Crippen molar-refractivity contribution in [2.24, 2.45) is 0 Å². The van der Waals surface area contributed by atoms with Crippen molar-refractivity contribution in [2.75, 3.05) is 13.2 Å². The van der Waals surface area contributed by atoms with Crippen LogP contribution >= 0.6 is 0 Å². The summed E-state index contributed by atoms with van der Waals surface area (Å²) in [6.07, 6.45) is 7.08. The highest BCUT2D eigenvalue weighted by Crippen LogP contribution is 2.07. The largest absolute Gasteiger partial charge is 0.373 e. The van der Waals surface area contributed by atoms with Crippen LogP contribution in [-0.4, -0.2) is 19.0 Å². The molecule has 0 aliphatic heterocycles. The summed E-state index contributed by atoms with van der Waals surface area (Å²) in [5, 5.41) is 0. The van der Waals surface area contributed by atoms with Crippen molar-refractivity contribution in [3.05, 3.63) is 35.4 Å². The highest BCUT2D eigenvalue weighted by atomic mass is 16.5. The van der Waals surface area contributed by atoms with Gasteiger partial charge >= 0.3 is 0 Å². The number of Topliss-reactive ketones (excluding diaryl/α,β-unsaturated/α-hetero) is 1. The maximum absolute atomic E-state index is 11.9. The van der Waals surface area contributed by atoms with Crippen LogP contribution in [0.1, 0.15) is 61.9 Å². The van der Waals surface area contributed by atoms with Crippen LogP contribution in [0.5, 0.6) is 0 Å². The van der Waals surface area contributed by atoms with Gasteiger partial charge in [0.05, 0.1) is 0 Å². The van der Waals surface area contributed by atoms with Crippen LogP contribution in [0, 0.1) is 0 Å². The Hall–Kier alpha value is -1.15. The van der Waals surface area contributed by atoms with E-state index in [0.717, 1.165) is 18.4 Å². The number of carbonyl (C=O) groups is 1. The minimum absolute atomic E-state index is 0.0798. The number of ether oxygens (including phenoxy) is 1. The lowest BCUT2D eigenvalue weighted by Gasteiger charge is -2.04. The Morgan fingerprint density at radius 3 is 2.32 bits per heavy atom. The second-order valence-electron chi connectivity index (χ2n) is 4.94. The zero-order chi connectivity index (χ0) is 13.9. The molecule has 0 fully saturated rings. The SMILES string of the molecule is CCCCCCCOCC(=O)c1ccc(CC)cc1. The molecule has 1 rings (SSSR count). The monoisotopic (exact) mass is 262 g/mol. The molecule has 0 radical (unpaired) electrons. The average Bonchev–Trinajstić information content (AvgIpc) is 2.46. The van der Waals surface area contributed by atoms with Crippen LogP contribution in [0.4, 0.5) is 0 Å². The fourth-order valence-corrected chi connectivity index (χ4v) is 1.98. The first-order valence-corrected chi connectivity index (χ1v) is 7.47. The Bertz CT molecular complexity index is 354. The predicted octanol–water partition coefficient (Wildman–Crippen LogP) is 4.42. The lowest BCUT2D eigenvalue weighted by molar-refractivity contribution is 0.0752. The Morgan fingerprint density at radius 2 is 1.68 bits per heavy atom. The summed E-state index contributed by atoms with van der Waals surface area (Å²) in [6.45, 7) is 5.22. The molecule has 0 atom stereocenters. The van der Waals surface area contributed by atoms with E-state index >= 15 is 0 Å². The number of rotatable bonds is 10. The minimum atomic E-state index is 0.0798. The first-order chi connectivity index (χ1) is 9.27. The molecule has 0 saturated carbocycles. The third kappa shape index (κ3) is 6.53. The number of hydrogen-bond acceptors (Lipinski definition) is 2. The van der Waals surface area contributed by atoms with Crippen molar-refractivity contribution in [1.82, 2.24) is 0 Å². The normalized spacial score (nSPS) is 10.6. The third-order valence-corrected chi connectivity index (χ3v) is 3.31. The first kappa shape index (κ1) is 15.9. The van der Waals surface area contributed by atoms with E-state index in [1.807, 2.05) is 24.3 Å². The molecular weight excluding hydrogens is 236 g/mol. The molecular formula is C17H26O2. The van der Waals surface area contributed by atoms with Crippen LogP contribution in [0.2, 0.25) is 0 Å². The highest BCUT2D eigenvalue weighted by molar-refractivity contribution is 5.97. The van der Waals surface area contributed by atoms with E-state index in [0.29, 0.717) is 6.61 Å². The molecule has 0 aromatic heterocycles. The Balaban J connectivity index is 2.16. The summed E-state index contributed by atoms with van der Waals surface area (Å²) in [7, 11) is 0. The Kier molecular flexibility index (Phi) is 8.15. The van der Waals surface area contributed by atoms with Crippen molar-refractivity contribution in [2.45, 2.75) is 52.4 Å². The van der Waals surface area contributed by atoms with Crippen molar-refractivity contribution in [1.29, 1.82) is 0 Å². The van der Waals surface area contributed by atoms with Gasteiger partial charge in [-0.3, -0.25) is 4.79 Å². The van der Waals surface area contributed by atoms with Crippen LogP contribution in [0.25, 0.3) is 0 Å². The predicted molar refractivity (Wildman–Crippen MR) is 79.7 cm³/mol. The molecule has 2 heteroatoms. The van der Waals surface area contributed by atoms with Crippen molar-refractivity contribution >= 4 is 5.78 Å². The zero-order valence-electron chi connectivity index (χ0n) is 12.3. The number of carbonyl (C=O) groups excluding carboxylic acids is 1. The molecule has 0 aliphatic carbocycles. The van der Waals surface area contributed by atoms with Gasteiger partial charge in [-0.1, -0.05) is 63.8 Å². The molecule has 0 N–H and O–H groups in total. The van der Waals surface area contributed by atoms with Gasteiger partial charge in [0.25, 0.3) is 0 Å². The molecule has 0 unspecified atom stereocenters. The third-order valence-electron chi connectivity index (χ3n) is 3.31. The maximum Gasteiger partial charge on any atom is 0.188 e. The topological polar surface area (TPSA) is 26.3 Å². The van der Waals surface area contributed by atoms with Crippen LogP contribution in [0.15, 0.2) is 24.3 Å². The van der Waals surface area contributed by atoms with Crippen molar-refractivity contribution < 1.29 is 9.53 Å². The molecule has 2 nitrogen and oxygen atoms in total. The molecule has 0 bridgehead atoms. The fraction of sp³-hybridized carbons (Fsp3) is 0.588. The van der Waals surface area contributed by atoms with Gasteiger partial charge in [-0.25, -0.2) is 0 Å². The molecule has 0 aliphatic rings. The van der Waals surface area contributed by atoms with Gasteiger partial charge in [0, 0.05) is 12.2 Å². The number of hydrogen-bond donors (Lipinski definition) is 0. The maximum atomic E-state index is 11.9. The first-order valence-electron chi connectivity index (χ1n) is 7.47. The molecule has 1 aromatic carbocycles. The van der Waals surface area contributed by atoms with Crippen LogP contribution in [-0.2, 0) is 11.2 Å². The molecule has 19 heavy (non-hydrogen) atoms. The summed E-state index contributed by atoms with van der Waals surface area (Å²) >= 11 is 0. The lowest BCUT2D eigenvalue weighted by Crippen LogP contribution is -2.09. The van der Waals surface area contributed by atoms with Crippen LogP contribution in [0.3, 0.4) is 0 Å². The molecule has 1 aromatic rings. The van der Waals surface area contributed by atoms with E-state index in [1.54, 1.807) is 0 Å². The van der Waals surface area contributed by atoms with Gasteiger partial charge in [0.1, 0.15) is 6.61 Å². The van der Waals surface area contributed by atoms with Gasteiger partial charge in [0.2, 0.25) is 0 Å². The summed E-state index contributed by atoms with van der Waals surface area (Å²) in [5.41, 5.74) is 2.01. The summed E-state index contributed by atoms with van der Waals surface area (Å²) in [6, 6.07) is 7.81. The van der Waals surface area contributed by atoms with Crippen LogP contribution < -0.4 is 0 Å². The lowest BCUT2D eigenvalue weighted by atomic mass is 10.1. The van der Waals surface area contributed by atoms with E-state index in [4.69, 9.17) is 4.74 Å². The van der Waals surface area contributed by atoms with Crippen molar-refractivity contribution in [3.63, 3.8) is 0 Å². The van der Waals surface area contributed by atoms with E-state index < -0.39 is 0 Å². The second kappa shape index (κ2) is 9.74. The van der Waals surface area contributed by atoms with Gasteiger partial charge in [0.15, 0.2) is 5.78 Å². The van der Waals surface area contributed by atoms with Gasteiger partial charge < -0.3 is 4.74 Å². The van der Waals surface area contributed by atoms with E-state index in [-0.39, 0.29) is 12.4 Å². The molecule has 0 spiro atoms. The number of ketones is 1. The van der Waals surface area contributed by atoms with E-state index in [1.165, 1.54) is 31.2 Å². The molecule has 0 saturated heterocycles. The number of unbranched alkanes of at least 4 members (excludes halogenated alkanes) is 4. The number of benzene rings is 1. The van der Waals surface area contributed by atoms with Gasteiger partial charge in [-0.05, 0) is 18.4 Å². The zero-order valence-corrected chi connectivity index (χ0v) is 12.3. The molecule has 0 heterocycles. The molecule has 0 amide bonds. The quantitative estimate of drug-likeness (QED) is 0.461. The summed E-state index contributed by atoms with van der Waals surface area (Å²) < 4.78 is 5.44. The standard InChI is InChI=1S/C17H26O2/c1-3-5-6-7-8-13-19-14-17(18)16-11-9-15(4-2)10-12-16/h9-12H,3-8,13-14H2,1-2H3. The number of aryl methyl sites for hydroxylation is 1. The fourth-order valence-electron chi connectivity index (χ4n) is 1.98. The second-order valence-corrected chi connectivity index (χ2v) is 4.94. The summed E-state index contributed by atoms with van der Waals surface area (Å²) in [5.74, 6) is 0.0798. The minimum Gasteiger partial charge on any atom is -0.373 e. The highest BCUT2D eigenvalue weighted by Gasteiger charge is 2.05. The Morgan fingerprint density at radius 1 is 1.00 bits per heavy atom. The Labute approximate surface area is 117 Å². The van der Waals surface area contributed by atoms with E-state index in [9.17, 15) is 4.79 Å². The van der Waals surface area contributed by atoms with Gasteiger partial charge in [-0.2, -0.15) is 0 Å². The van der Waals surface area contributed by atoms with Gasteiger partial charge in [-0.15, -0.1) is 0 Å². The summed E-state index contributed by atoms with van der Waals surface area (Å²) in [4.78, 5) is 11.9. The van der Waals surface area contributed by atoms with E-state index in [2.05, 4.69) is 13.8 Å².